The summed E-state index contributed by atoms with van der Waals surface area (Å²) in [4.78, 5) is 15.6. The van der Waals surface area contributed by atoms with Gasteiger partial charge in [-0.1, -0.05) is 42.5 Å². The van der Waals surface area contributed by atoms with Gasteiger partial charge in [0.2, 0.25) is 0 Å². The molecule has 5 heteroatoms. The molecular weight excluding hydrogens is 300 g/mol. The fraction of sp³-hybridized carbons (Fsp3) is 0. The number of hydrogen-bond acceptors (Lipinski definition) is 3. The molecule has 0 atom stereocenters. The highest BCUT2D eigenvalue weighted by atomic mass is 16.1. The summed E-state index contributed by atoms with van der Waals surface area (Å²) in [6, 6.07) is 21.2. The number of H-pyrrole nitrogens is 1. The van der Waals surface area contributed by atoms with Crippen LogP contribution in [-0.2, 0) is 0 Å². The highest BCUT2D eigenvalue weighted by Crippen LogP contribution is 2.23. The lowest BCUT2D eigenvalue weighted by Crippen LogP contribution is -2.05. The van der Waals surface area contributed by atoms with Crippen LogP contribution in [0, 0.1) is 0 Å². The molecule has 1 N–H and O–H groups in total. The van der Waals surface area contributed by atoms with Gasteiger partial charge in [0.25, 0.3) is 5.56 Å². The molecule has 0 unspecified atom stereocenters. The average Bonchev–Trinajstić information content (AvgIpc) is 3.13. The third kappa shape index (κ3) is 2.63. The molecule has 0 radical (unpaired) electrons. The lowest BCUT2D eigenvalue weighted by Gasteiger charge is -2.09. The summed E-state index contributed by atoms with van der Waals surface area (Å²) >= 11 is 0. The molecule has 0 amide bonds. The average molecular weight is 314 g/mol. The lowest BCUT2D eigenvalue weighted by molar-refractivity contribution is 0.994. The summed E-state index contributed by atoms with van der Waals surface area (Å²) < 4.78 is 2.04. The van der Waals surface area contributed by atoms with Crippen molar-refractivity contribution in [2.75, 3.05) is 0 Å². The summed E-state index contributed by atoms with van der Waals surface area (Å²) in [6.07, 6.45) is 3.73. The highest BCUT2D eigenvalue weighted by Gasteiger charge is 2.07. The minimum absolute atomic E-state index is 0.207. The van der Waals surface area contributed by atoms with Gasteiger partial charge in [0.1, 0.15) is 5.82 Å². The maximum Gasteiger partial charge on any atom is 0.264 e. The highest BCUT2D eigenvalue weighted by molar-refractivity contribution is 5.62. The second kappa shape index (κ2) is 5.96. The van der Waals surface area contributed by atoms with Crippen LogP contribution in [0.3, 0.4) is 0 Å². The van der Waals surface area contributed by atoms with E-state index in [1.807, 2.05) is 65.4 Å². The molecule has 0 aliphatic rings. The van der Waals surface area contributed by atoms with Crippen molar-refractivity contribution in [2.24, 2.45) is 0 Å². The van der Waals surface area contributed by atoms with Gasteiger partial charge in [-0.15, -0.1) is 0 Å². The van der Waals surface area contributed by atoms with Gasteiger partial charge >= 0.3 is 0 Å². The predicted molar refractivity (Wildman–Crippen MR) is 92.9 cm³/mol. The van der Waals surface area contributed by atoms with Crippen molar-refractivity contribution < 1.29 is 0 Å². The number of nitrogens with zero attached hydrogens (tertiary/aromatic N) is 3. The van der Waals surface area contributed by atoms with E-state index in [2.05, 4.69) is 15.2 Å². The molecule has 4 aromatic rings. The number of benzene rings is 2. The number of hydrogen-bond donors (Lipinski definition) is 1. The van der Waals surface area contributed by atoms with Crippen molar-refractivity contribution in [1.29, 1.82) is 0 Å². The Labute approximate surface area is 138 Å². The topological polar surface area (TPSA) is 63.6 Å². The molecule has 0 bridgehead atoms. The minimum Gasteiger partial charge on any atom is -0.300 e. The summed E-state index contributed by atoms with van der Waals surface area (Å²) in [6.45, 7) is 0. The van der Waals surface area contributed by atoms with E-state index in [1.54, 1.807) is 12.3 Å². The van der Waals surface area contributed by atoms with Gasteiger partial charge < -0.3 is 0 Å². The van der Waals surface area contributed by atoms with Crippen LogP contribution in [0.2, 0.25) is 0 Å². The Morgan fingerprint density at radius 2 is 1.62 bits per heavy atom. The summed E-state index contributed by atoms with van der Waals surface area (Å²) in [7, 11) is 0. The van der Waals surface area contributed by atoms with Gasteiger partial charge in [-0.2, -0.15) is 5.10 Å². The Balaban J connectivity index is 1.71. The smallest absolute Gasteiger partial charge is 0.264 e. The van der Waals surface area contributed by atoms with E-state index in [-0.39, 0.29) is 5.56 Å². The van der Waals surface area contributed by atoms with Gasteiger partial charge in [0, 0.05) is 35.3 Å². The van der Waals surface area contributed by atoms with E-state index < -0.39 is 0 Å². The van der Waals surface area contributed by atoms with E-state index in [0.717, 1.165) is 28.3 Å². The Kier molecular flexibility index (Phi) is 3.51. The number of aromatic amines is 1. The molecule has 0 aliphatic heterocycles. The van der Waals surface area contributed by atoms with E-state index in [1.165, 1.54) is 6.07 Å². The molecule has 5 nitrogen and oxygen atoms in total. The fourth-order valence-corrected chi connectivity index (χ4v) is 2.61. The second-order valence-electron chi connectivity index (χ2n) is 5.34. The summed E-state index contributed by atoms with van der Waals surface area (Å²) in [5.74, 6) is 0.894. The van der Waals surface area contributed by atoms with Crippen LogP contribution in [0.4, 0.5) is 0 Å². The largest absolute Gasteiger partial charge is 0.300 e. The minimum atomic E-state index is -0.207. The van der Waals surface area contributed by atoms with Crippen LogP contribution in [0.5, 0.6) is 0 Å². The van der Waals surface area contributed by atoms with E-state index in [9.17, 15) is 4.79 Å². The maximum atomic E-state index is 11.1. The first-order valence-corrected chi connectivity index (χ1v) is 7.56. The number of aromatic nitrogens is 4. The number of imidazole rings is 1. The van der Waals surface area contributed by atoms with Gasteiger partial charge in [-0.05, 0) is 18.2 Å². The summed E-state index contributed by atoms with van der Waals surface area (Å²) in [5.41, 5.74) is 3.54. The van der Waals surface area contributed by atoms with Gasteiger partial charge in [-0.3, -0.25) is 9.36 Å². The van der Waals surface area contributed by atoms with Crippen LogP contribution in [-0.4, -0.2) is 19.7 Å². The Morgan fingerprint density at radius 3 is 2.33 bits per heavy atom. The third-order valence-corrected chi connectivity index (χ3v) is 3.79. The number of nitrogens with one attached hydrogen (secondary N) is 1. The molecule has 0 fully saturated rings. The fourth-order valence-electron chi connectivity index (χ4n) is 2.61. The first-order chi connectivity index (χ1) is 11.8. The van der Waals surface area contributed by atoms with E-state index in [4.69, 9.17) is 0 Å². The van der Waals surface area contributed by atoms with Crippen molar-refractivity contribution in [3.63, 3.8) is 0 Å². The van der Waals surface area contributed by atoms with Crippen molar-refractivity contribution in [3.05, 3.63) is 89.5 Å². The zero-order chi connectivity index (χ0) is 16.4. The van der Waals surface area contributed by atoms with Crippen molar-refractivity contribution >= 4 is 0 Å². The third-order valence-electron chi connectivity index (χ3n) is 3.79. The molecule has 0 saturated heterocycles. The normalized spacial score (nSPS) is 10.7. The Bertz CT molecular complexity index is 997. The maximum absolute atomic E-state index is 11.1. The quantitative estimate of drug-likeness (QED) is 0.631. The zero-order valence-electron chi connectivity index (χ0n) is 12.8. The lowest BCUT2D eigenvalue weighted by atomic mass is 10.1. The van der Waals surface area contributed by atoms with Crippen molar-refractivity contribution in [1.82, 2.24) is 19.7 Å². The van der Waals surface area contributed by atoms with Crippen LogP contribution >= 0.6 is 0 Å². The molecule has 24 heavy (non-hydrogen) atoms. The van der Waals surface area contributed by atoms with Crippen LogP contribution in [0.15, 0.2) is 83.9 Å². The Morgan fingerprint density at radius 1 is 0.833 bits per heavy atom. The summed E-state index contributed by atoms with van der Waals surface area (Å²) in [5, 5.41) is 6.50. The monoisotopic (exact) mass is 314 g/mol. The molecule has 2 aromatic heterocycles. The molecule has 2 aromatic carbocycles. The van der Waals surface area contributed by atoms with Crippen molar-refractivity contribution in [2.45, 2.75) is 0 Å². The van der Waals surface area contributed by atoms with E-state index in [0.29, 0.717) is 0 Å². The SMILES string of the molecule is O=c1ccc(-c2ccc(-n3ccnc3-c3ccccc3)cc2)n[nH]1. The molecule has 4 rings (SSSR count). The first kappa shape index (κ1) is 14.1. The first-order valence-electron chi connectivity index (χ1n) is 7.56. The Hall–Kier alpha value is -3.47. The van der Waals surface area contributed by atoms with Crippen LogP contribution in [0.1, 0.15) is 0 Å². The van der Waals surface area contributed by atoms with Gasteiger partial charge in [-0.25, -0.2) is 10.1 Å². The molecule has 0 saturated carbocycles. The zero-order valence-corrected chi connectivity index (χ0v) is 12.8. The van der Waals surface area contributed by atoms with E-state index >= 15 is 0 Å². The van der Waals surface area contributed by atoms with Gasteiger partial charge in [0.05, 0.1) is 5.69 Å². The van der Waals surface area contributed by atoms with Crippen LogP contribution < -0.4 is 5.56 Å². The molecule has 116 valence electrons. The molecule has 2 heterocycles. The van der Waals surface area contributed by atoms with Gasteiger partial charge in [0.15, 0.2) is 0 Å². The number of rotatable bonds is 3. The van der Waals surface area contributed by atoms with Crippen molar-refractivity contribution in [3.8, 4) is 28.3 Å². The predicted octanol–water partition coefficient (Wildman–Crippen LogP) is 3.29. The molecule has 0 aliphatic carbocycles. The molecule has 0 spiro atoms. The second-order valence-corrected chi connectivity index (χ2v) is 5.34. The van der Waals surface area contributed by atoms with Crippen LogP contribution in [0.25, 0.3) is 28.3 Å². The standard InChI is InChI=1S/C19H14N4O/c24-18-11-10-17(21-22-18)14-6-8-16(9-7-14)23-13-12-20-19(23)15-4-2-1-3-5-15/h1-13H,(H,22,24). The molecular formula is C19H14N4O.